The molecule has 0 radical (unpaired) electrons. The highest BCUT2D eigenvalue weighted by atomic mass is 16.7. The van der Waals surface area contributed by atoms with Crippen molar-refractivity contribution in [3.05, 3.63) is 41.0 Å². The van der Waals surface area contributed by atoms with Gasteiger partial charge in [0.15, 0.2) is 0 Å². The van der Waals surface area contributed by atoms with Crippen LogP contribution in [0.2, 0.25) is 0 Å². The molecule has 1 aromatic rings. The summed E-state index contributed by atoms with van der Waals surface area (Å²) >= 11 is 0. The van der Waals surface area contributed by atoms with Crippen LogP contribution in [0.25, 0.3) is 6.08 Å². The molecule has 0 fully saturated rings. The molecule has 0 aliphatic carbocycles. The van der Waals surface area contributed by atoms with Gasteiger partial charge in [-0.3, -0.25) is 9.59 Å². The quantitative estimate of drug-likeness (QED) is 0.566. The molecular weight excluding hydrogens is 280 g/mol. The topological polar surface area (TPSA) is 52.6 Å². The lowest BCUT2D eigenvalue weighted by Gasteiger charge is -2.19. The third-order valence-corrected chi connectivity index (χ3v) is 3.10. The van der Waals surface area contributed by atoms with Crippen molar-refractivity contribution in [3.63, 3.8) is 0 Å². The molecule has 0 spiro atoms. The van der Waals surface area contributed by atoms with E-state index in [1.807, 2.05) is 25.1 Å². The molecule has 0 heterocycles. The second-order valence-corrected chi connectivity index (χ2v) is 5.12. The van der Waals surface area contributed by atoms with Gasteiger partial charge >= 0.3 is 11.9 Å². The number of aryl methyl sites for hydroxylation is 1. The summed E-state index contributed by atoms with van der Waals surface area (Å²) in [4.78, 5) is 22.5. The molecule has 0 unspecified atom stereocenters. The monoisotopic (exact) mass is 304 g/mol. The van der Waals surface area contributed by atoms with Gasteiger partial charge < -0.3 is 9.47 Å². The summed E-state index contributed by atoms with van der Waals surface area (Å²) in [6.45, 7) is 6.72. The second kappa shape index (κ2) is 9.03. The number of ether oxygens (including phenoxy) is 2. The lowest BCUT2D eigenvalue weighted by atomic mass is 10.0. The predicted octanol–water partition coefficient (Wildman–Crippen LogP) is 3.88. The first kappa shape index (κ1) is 18.0. The van der Waals surface area contributed by atoms with Gasteiger partial charge in [0.1, 0.15) is 0 Å². The summed E-state index contributed by atoms with van der Waals surface area (Å²) in [5.41, 5.74) is 3.01. The Morgan fingerprint density at radius 1 is 1.14 bits per heavy atom. The molecule has 0 amide bonds. The highest BCUT2D eigenvalue weighted by molar-refractivity contribution is 5.69. The SMILES string of the molecule is CCC/C(=C\c1cccc(CC)c1)C(OC(C)=O)OC(C)=O. The fourth-order valence-corrected chi connectivity index (χ4v) is 2.14. The molecule has 4 heteroatoms. The van der Waals surface area contributed by atoms with Crippen molar-refractivity contribution < 1.29 is 19.1 Å². The van der Waals surface area contributed by atoms with Gasteiger partial charge in [0.05, 0.1) is 0 Å². The van der Waals surface area contributed by atoms with Crippen molar-refractivity contribution in [2.75, 3.05) is 0 Å². The summed E-state index contributed by atoms with van der Waals surface area (Å²) in [6, 6.07) is 8.11. The first-order valence-electron chi connectivity index (χ1n) is 7.60. The van der Waals surface area contributed by atoms with Crippen molar-refractivity contribution in [2.24, 2.45) is 0 Å². The number of esters is 2. The van der Waals surface area contributed by atoms with Crippen LogP contribution in [0.5, 0.6) is 0 Å². The summed E-state index contributed by atoms with van der Waals surface area (Å²) in [6.07, 6.45) is 3.46. The maximum Gasteiger partial charge on any atom is 0.305 e. The van der Waals surface area contributed by atoms with Gasteiger partial charge in [0, 0.05) is 19.4 Å². The zero-order chi connectivity index (χ0) is 16.5. The van der Waals surface area contributed by atoms with Gasteiger partial charge in [-0.05, 0) is 30.0 Å². The van der Waals surface area contributed by atoms with E-state index < -0.39 is 18.2 Å². The molecular formula is C18H24O4. The van der Waals surface area contributed by atoms with Crippen molar-refractivity contribution >= 4 is 18.0 Å². The number of hydrogen-bond acceptors (Lipinski definition) is 4. The Labute approximate surface area is 132 Å². The molecule has 0 N–H and O–H groups in total. The number of carbonyl (C=O) groups excluding carboxylic acids is 2. The molecule has 1 rings (SSSR count). The smallest absolute Gasteiger partial charge is 0.305 e. The van der Waals surface area contributed by atoms with E-state index in [-0.39, 0.29) is 0 Å². The largest absolute Gasteiger partial charge is 0.421 e. The van der Waals surface area contributed by atoms with Crippen molar-refractivity contribution in [1.29, 1.82) is 0 Å². The summed E-state index contributed by atoms with van der Waals surface area (Å²) in [5, 5.41) is 0. The van der Waals surface area contributed by atoms with Crippen LogP contribution < -0.4 is 0 Å². The molecule has 0 atom stereocenters. The Morgan fingerprint density at radius 3 is 2.27 bits per heavy atom. The Bertz CT molecular complexity index is 530. The molecule has 4 nitrogen and oxygen atoms in total. The van der Waals surface area contributed by atoms with Gasteiger partial charge in [0.2, 0.25) is 0 Å². The van der Waals surface area contributed by atoms with E-state index >= 15 is 0 Å². The molecule has 120 valence electrons. The first-order valence-corrected chi connectivity index (χ1v) is 7.60. The van der Waals surface area contributed by atoms with Gasteiger partial charge in [-0.1, -0.05) is 44.5 Å². The van der Waals surface area contributed by atoms with E-state index in [4.69, 9.17) is 9.47 Å². The van der Waals surface area contributed by atoms with E-state index in [2.05, 4.69) is 19.1 Å². The van der Waals surface area contributed by atoms with Gasteiger partial charge in [-0.25, -0.2) is 0 Å². The summed E-state index contributed by atoms with van der Waals surface area (Å²) in [5.74, 6) is -0.953. The average Bonchev–Trinajstić information content (AvgIpc) is 2.45. The van der Waals surface area contributed by atoms with Gasteiger partial charge in [-0.2, -0.15) is 0 Å². The maximum absolute atomic E-state index is 11.3. The number of benzene rings is 1. The van der Waals surface area contributed by atoms with Crippen molar-refractivity contribution in [1.82, 2.24) is 0 Å². The third-order valence-electron chi connectivity index (χ3n) is 3.10. The predicted molar refractivity (Wildman–Crippen MR) is 86.0 cm³/mol. The van der Waals surface area contributed by atoms with Crippen LogP contribution in [-0.4, -0.2) is 18.2 Å². The highest BCUT2D eigenvalue weighted by Crippen LogP contribution is 2.20. The zero-order valence-electron chi connectivity index (χ0n) is 13.7. The first-order chi connectivity index (χ1) is 10.5. The Balaban J connectivity index is 3.12. The van der Waals surface area contributed by atoms with E-state index in [0.29, 0.717) is 6.42 Å². The molecule has 0 aliphatic heterocycles. The summed E-state index contributed by atoms with van der Waals surface area (Å²) < 4.78 is 10.3. The van der Waals surface area contributed by atoms with Gasteiger partial charge in [0.25, 0.3) is 6.29 Å². The van der Waals surface area contributed by atoms with E-state index in [0.717, 1.165) is 24.0 Å². The minimum atomic E-state index is -0.958. The third kappa shape index (κ3) is 6.12. The van der Waals surface area contributed by atoms with E-state index in [9.17, 15) is 9.59 Å². The summed E-state index contributed by atoms with van der Waals surface area (Å²) in [7, 11) is 0. The van der Waals surface area contributed by atoms with Crippen molar-refractivity contribution in [2.45, 2.75) is 53.2 Å². The molecule has 22 heavy (non-hydrogen) atoms. The minimum absolute atomic E-state index is 0.476. The van der Waals surface area contributed by atoms with Crippen LogP contribution in [-0.2, 0) is 25.5 Å². The fraction of sp³-hybridized carbons (Fsp3) is 0.444. The average molecular weight is 304 g/mol. The van der Waals surface area contributed by atoms with Crippen LogP contribution >= 0.6 is 0 Å². The van der Waals surface area contributed by atoms with Crippen LogP contribution in [0, 0.1) is 0 Å². The second-order valence-electron chi connectivity index (χ2n) is 5.12. The lowest BCUT2D eigenvalue weighted by Crippen LogP contribution is -2.24. The molecule has 0 bridgehead atoms. The van der Waals surface area contributed by atoms with E-state index in [1.54, 1.807) is 0 Å². The fourth-order valence-electron chi connectivity index (χ4n) is 2.14. The molecule has 1 aromatic carbocycles. The van der Waals surface area contributed by atoms with Crippen LogP contribution in [0.3, 0.4) is 0 Å². The van der Waals surface area contributed by atoms with Crippen LogP contribution in [0.4, 0.5) is 0 Å². The lowest BCUT2D eigenvalue weighted by molar-refractivity contribution is -0.178. The number of rotatable bonds is 7. The Morgan fingerprint density at radius 2 is 1.77 bits per heavy atom. The maximum atomic E-state index is 11.3. The molecule has 0 aliphatic rings. The van der Waals surface area contributed by atoms with E-state index in [1.165, 1.54) is 19.4 Å². The highest BCUT2D eigenvalue weighted by Gasteiger charge is 2.20. The molecule has 0 saturated heterocycles. The standard InChI is InChI=1S/C18H24O4/c1-5-8-17(18(21-13(3)19)22-14(4)20)12-16-10-7-9-15(6-2)11-16/h7,9-12,18H,5-6,8H2,1-4H3/b17-12+. The molecule has 0 saturated carbocycles. The zero-order valence-corrected chi connectivity index (χ0v) is 13.7. The van der Waals surface area contributed by atoms with Crippen LogP contribution in [0.15, 0.2) is 29.8 Å². The van der Waals surface area contributed by atoms with Gasteiger partial charge in [-0.15, -0.1) is 0 Å². The van der Waals surface area contributed by atoms with Crippen LogP contribution in [0.1, 0.15) is 51.7 Å². The normalized spacial score (nSPS) is 11.4. The van der Waals surface area contributed by atoms with Crippen molar-refractivity contribution in [3.8, 4) is 0 Å². The number of hydrogen-bond donors (Lipinski definition) is 0. The minimum Gasteiger partial charge on any atom is -0.421 e. The Kier molecular flexibility index (Phi) is 7.37. The number of carbonyl (C=O) groups is 2. The Hall–Kier alpha value is -2.10. The molecule has 0 aromatic heterocycles.